The van der Waals surface area contributed by atoms with Crippen molar-refractivity contribution >= 4 is 106 Å². The van der Waals surface area contributed by atoms with E-state index in [1.54, 1.807) is 25.3 Å². The molecule has 69 heavy (non-hydrogen) atoms. The summed E-state index contributed by atoms with van der Waals surface area (Å²) in [7, 11) is 3.24. The van der Waals surface area contributed by atoms with E-state index in [2.05, 4.69) is 60.3 Å². The Morgan fingerprint density at radius 1 is 1.04 bits per heavy atom. The number of benzene rings is 1. The van der Waals surface area contributed by atoms with Crippen LogP contribution in [-0.2, 0) is 48.0 Å². The van der Waals surface area contributed by atoms with Crippen LogP contribution in [0.25, 0.3) is 33.4 Å². The molecular formula is C47H71N9O8S5. The lowest BCUT2D eigenvalue weighted by molar-refractivity contribution is -0.155. The number of amides is 5. The average Bonchev–Trinajstić information content (AvgIpc) is 3.90. The van der Waals surface area contributed by atoms with Gasteiger partial charge in [-0.3, -0.25) is 29.2 Å². The minimum absolute atomic E-state index is 0. The second kappa shape index (κ2) is 25.4. The van der Waals surface area contributed by atoms with Gasteiger partial charge in [-0.25, -0.2) is 15.2 Å². The van der Waals surface area contributed by atoms with Gasteiger partial charge in [-0.1, -0.05) is 33.8 Å². The number of aryl methyl sites for hydroxylation is 1. The van der Waals surface area contributed by atoms with E-state index in [4.69, 9.17) is 19.4 Å². The summed E-state index contributed by atoms with van der Waals surface area (Å²) < 4.78 is 14.2. The third-order valence-electron chi connectivity index (χ3n) is 12.8. The van der Waals surface area contributed by atoms with Crippen LogP contribution in [0.5, 0.6) is 0 Å². The molecule has 2 fully saturated rings. The highest BCUT2D eigenvalue weighted by molar-refractivity contribution is 7.59. The Labute approximate surface area is 437 Å². The van der Waals surface area contributed by atoms with E-state index in [1.807, 2.05) is 32.2 Å². The molecule has 3 aliphatic rings. The van der Waals surface area contributed by atoms with Crippen molar-refractivity contribution in [2.24, 2.45) is 11.3 Å². The van der Waals surface area contributed by atoms with E-state index < -0.39 is 53.8 Å². The molecular weight excluding hydrogens is 979 g/mol. The molecule has 0 spiro atoms. The number of hydrazine groups is 1. The van der Waals surface area contributed by atoms with E-state index in [9.17, 15) is 29.1 Å². The fraction of sp³-hybridized carbons (Fsp3) is 0.553. The van der Waals surface area contributed by atoms with Crippen LogP contribution in [0.4, 0.5) is 4.79 Å². The van der Waals surface area contributed by atoms with Gasteiger partial charge < -0.3 is 39.2 Å². The summed E-state index contributed by atoms with van der Waals surface area (Å²) in [6.07, 6.45) is 3.14. The predicted octanol–water partition coefficient (Wildman–Crippen LogP) is 4.87. The molecule has 3 aromatic heterocycles. The number of thiazole rings is 1. The first-order chi connectivity index (χ1) is 31.0. The summed E-state index contributed by atoms with van der Waals surface area (Å²) in [5, 5.41) is 17.3. The predicted molar refractivity (Wildman–Crippen MR) is 288 cm³/mol. The molecule has 5 amide bonds. The number of esters is 1. The topological polar surface area (TPSA) is 192 Å². The maximum absolute atomic E-state index is 14.6. The molecule has 0 unspecified atom stereocenters. The normalized spacial score (nSPS) is 19.1. The van der Waals surface area contributed by atoms with Crippen LogP contribution in [0.1, 0.15) is 76.8 Å². The molecule has 1 aromatic carbocycles. The number of nitrogens with one attached hydrogen (secondary N) is 2. The maximum atomic E-state index is 14.6. The number of hydrogen-bond acceptors (Lipinski definition) is 12. The number of nitrogens with zero attached hydrogens (tertiary/aromatic N) is 7. The number of methoxy groups -OCH3 is 1. The van der Waals surface area contributed by atoms with Gasteiger partial charge in [0.05, 0.1) is 34.8 Å². The van der Waals surface area contributed by atoms with Crippen molar-refractivity contribution in [3.05, 3.63) is 58.2 Å². The first-order valence-electron chi connectivity index (χ1n) is 22.6. The number of hydrogen-bond donors (Lipinski definition) is 3. The standard InChI is InChI=1S/C47H63N9O8S.4H2S/c1-9-55-37-15-14-30-22-32(37)33(42(55)31-12-10-16-48-40(31)29(4)63-8)24-47(5,6)27-64-45(61)34-13-11-17-56(51-34)44(60)35(23-38-49-36(30)26-65-38)50-43(59)41(28(2)3)52(7)46(62)54-20-18-53(19-21-54)39(58)25-57;;;;/h10,12,14-16,22,26,28-29,34-35,41,51,57H,9,11,13,17-21,23-25,27H2,1-8H3,(H,50,59);4*1H2/t29-,34-,35-,41-;;;;/m0..../s1. The molecule has 0 saturated carbocycles. The lowest BCUT2D eigenvalue weighted by Gasteiger charge is -2.39. The Kier molecular flexibility index (Phi) is 21.8. The Morgan fingerprint density at radius 2 is 1.74 bits per heavy atom. The van der Waals surface area contributed by atoms with Gasteiger partial charge in [0.2, 0.25) is 11.8 Å². The number of fused-ring (bicyclic) bond motifs is 6. The number of ether oxygens (including phenoxy) is 2. The van der Waals surface area contributed by atoms with Crippen LogP contribution in [-0.4, -0.2) is 147 Å². The number of rotatable bonds is 9. The van der Waals surface area contributed by atoms with Gasteiger partial charge in [0.15, 0.2) is 0 Å². The average molecular weight is 1050 g/mol. The Balaban J connectivity index is 0.00000315. The zero-order valence-corrected chi connectivity index (χ0v) is 45.6. The van der Waals surface area contributed by atoms with Gasteiger partial charge in [0, 0.05) is 98.9 Å². The van der Waals surface area contributed by atoms with Crippen molar-refractivity contribution in [1.29, 1.82) is 0 Å². The first-order valence-corrected chi connectivity index (χ1v) is 23.5. The van der Waals surface area contributed by atoms with Crippen LogP contribution in [0.15, 0.2) is 41.9 Å². The Hall–Kier alpha value is -4.03. The maximum Gasteiger partial charge on any atom is 0.324 e. The molecule has 4 atom stereocenters. The molecule has 3 aliphatic heterocycles. The van der Waals surface area contributed by atoms with Crippen molar-refractivity contribution in [2.75, 3.05) is 60.1 Å². The molecule has 0 aliphatic carbocycles. The van der Waals surface area contributed by atoms with Gasteiger partial charge in [-0.15, -0.1) is 11.3 Å². The molecule has 0 radical (unpaired) electrons. The summed E-state index contributed by atoms with van der Waals surface area (Å²) in [6, 6.07) is 7.14. The summed E-state index contributed by atoms with van der Waals surface area (Å²) >= 11 is 1.39. The molecule has 6 bridgehead atoms. The van der Waals surface area contributed by atoms with E-state index in [0.29, 0.717) is 37.4 Å². The SMILES string of the molecule is CCn1c(-c2cccnc2[C@H](C)OC)c2c3cc(ccc31)-c1csc(n1)C[C@H](NC(=O)[C@H](C(C)C)N(C)C(=O)N1CCN(C(=O)CO)CC1)C(=O)N1CCC[C@H](N1)C(=O)OCC(C)(C)C2.S.S.S.S. The van der Waals surface area contributed by atoms with Gasteiger partial charge in [0.25, 0.3) is 5.91 Å². The summed E-state index contributed by atoms with van der Waals surface area (Å²) in [6.45, 7) is 13.5. The monoisotopic (exact) mass is 1050 g/mol. The Morgan fingerprint density at radius 3 is 2.39 bits per heavy atom. The van der Waals surface area contributed by atoms with Crippen molar-refractivity contribution in [2.45, 2.75) is 98.0 Å². The van der Waals surface area contributed by atoms with E-state index in [1.165, 1.54) is 26.1 Å². The molecule has 6 heterocycles. The number of cyclic esters (lactones) is 1. The number of carbonyl (C=O) groups excluding carboxylic acids is 5. The number of aromatic nitrogens is 3. The lowest BCUT2D eigenvalue weighted by atomic mass is 9.84. The number of piperazine rings is 1. The number of likely N-dealkylation sites (N-methyl/N-ethyl adjacent to an activating group) is 1. The number of aliphatic hydroxyl groups excluding tert-OH is 1. The van der Waals surface area contributed by atoms with Crippen molar-refractivity contribution in [3.8, 4) is 22.5 Å². The van der Waals surface area contributed by atoms with Crippen LogP contribution < -0.4 is 10.7 Å². The number of aliphatic hydroxyl groups is 1. The molecule has 3 N–H and O–H groups in total. The number of carbonyl (C=O) groups is 5. The van der Waals surface area contributed by atoms with E-state index in [-0.39, 0.29) is 111 Å². The zero-order chi connectivity index (χ0) is 46.7. The molecule has 7 rings (SSSR count). The van der Waals surface area contributed by atoms with Gasteiger partial charge >= 0.3 is 12.0 Å². The second-order valence-corrected chi connectivity index (χ2v) is 19.3. The smallest absolute Gasteiger partial charge is 0.324 e. The van der Waals surface area contributed by atoms with Crippen molar-refractivity contribution in [1.82, 2.24) is 45.0 Å². The lowest BCUT2D eigenvalue weighted by Crippen LogP contribution is -2.63. The summed E-state index contributed by atoms with van der Waals surface area (Å²) in [4.78, 5) is 83.1. The minimum Gasteiger partial charge on any atom is -0.464 e. The molecule has 17 nitrogen and oxygen atoms in total. The second-order valence-electron chi connectivity index (χ2n) is 18.4. The van der Waals surface area contributed by atoms with Crippen molar-refractivity contribution < 1.29 is 38.6 Å². The molecule has 22 heteroatoms. The van der Waals surface area contributed by atoms with Crippen LogP contribution >= 0.6 is 65.3 Å². The fourth-order valence-electron chi connectivity index (χ4n) is 9.34. The summed E-state index contributed by atoms with van der Waals surface area (Å²) in [5.74, 6) is -2.16. The molecule has 4 aromatic rings. The minimum atomic E-state index is -1.10. The van der Waals surface area contributed by atoms with Crippen LogP contribution in [0, 0.1) is 11.3 Å². The summed E-state index contributed by atoms with van der Waals surface area (Å²) in [5.41, 5.74) is 9.19. The van der Waals surface area contributed by atoms with Crippen molar-refractivity contribution in [3.63, 3.8) is 0 Å². The first kappa shape index (κ1) is 59.3. The van der Waals surface area contributed by atoms with Gasteiger partial charge in [-0.2, -0.15) is 54.0 Å². The van der Waals surface area contributed by atoms with Crippen LogP contribution in [0.3, 0.4) is 0 Å². The van der Waals surface area contributed by atoms with Crippen LogP contribution in [0.2, 0.25) is 0 Å². The Bertz CT molecular complexity index is 2420. The highest BCUT2D eigenvalue weighted by Gasteiger charge is 2.39. The zero-order valence-electron chi connectivity index (χ0n) is 40.8. The number of urea groups is 1. The quantitative estimate of drug-likeness (QED) is 0.194. The third-order valence-corrected chi connectivity index (χ3v) is 13.7. The highest BCUT2D eigenvalue weighted by atomic mass is 32.1. The third kappa shape index (κ3) is 12.9. The van der Waals surface area contributed by atoms with E-state index >= 15 is 0 Å². The highest BCUT2D eigenvalue weighted by Crippen LogP contribution is 2.42. The van der Waals surface area contributed by atoms with Gasteiger partial charge in [-0.05, 0) is 68.9 Å². The van der Waals surface area contributed by atoms with E-state index in [0.717, 1.165) is 44.7 Å². The fourth-order valence-corrected chi connectivity index (χ4v) is 10.2. The molecule has 382 valence electrons. The number of pyridine rings is 1. The largest absolute Gasteiger partial charge is 0.464 e. The van der Waals surface area contributed by atoms with Gasteiger partial charge in [0.1, 0.15) is 24.7 Å². The molecule has 2 saturated heterocycles.